The lowest BCUT2D eigenvalue weighted by atomic mass is 10.3. The van der Waals surface area contributed by atoms with E-state index in [1.54, 1.807) is 0 Å². The minimum Gasteiger partial charge on any atom is -0.324 e. The molecular formula is C5H16AlO3P. The predicted octanol–water partition coefficient (Wildman–Crippen LogP) is 0.170. The van der Waals surface area contributed by atoms with Crippen LogP contribution in [0.15, 0.2) is 0 Å². The van der Waals surface area contributed by atoms with E-state index >= 15 is 0 Å². The highest BCUT2D eigenvalue weighted by atomic mass is 31.2. The third-order valence-corrected chi connectivity index (χ3v) is 1.95. The van der Waals surface area contributed by atoms with Crippen LogP contribution in [0.3, 0.4) is 0 Å². The van der Waals surface area contributed by atoms with Gasteiger partial charge in [-0.3, -0.25) is 4.57 Å². The van der Waals surface area contributed by atoms with Crippen molar-refractivity contribution >= 4 is 25.0 Å². The summed E-state index contributed by atoms with van der Waals surface area (Å²) in [6.07, 6.45) is 2.59. The van der Waals surface area contributed by atoms with Crippen molar-refractivity contribution in [3.63, 3.8) is 0 Å². The van der Waals surface area contributed by atoms with Gasteiger partial charge in [0.2, 0.25) is 0 Å². The lowest BCUT2D eigenvalue weighted by Crippen LogP contribution is -1.86. The molecule has 0 heterocycles. The highest BCUT2D eigenvalue weighted by molar-refractivity contribution is 7.51. The third-order valence-electron chi connectivity index (χ3n) is 1.05. The summed E-state index contributed by atoms with van der Waals surface area (Å²) in [5, 5.41) is 0. The van der Waals surface area contributed by atoms with Gasteiger partial charge in [0, 0.05) is 6.16 Å². The maximum absolute atomic E-state index is 10.2. The quantitative estimate of drug-likeness (QED) is 0.370. The summed E-state index contributed by atoms with van der Waals surface area (Å²) in [5.74, 6) is 0. The van der Waals surface area contributed by atoms with Gasteiger partial charge in [-0.15, -0.1) is 0 Å². The van der Waals surface area contributed by atoms with E-state index in [2.05, 4.69) is 0 Å². The summed E-state index contributed by atoms with van der Waals surface area (Å²) in [6.45, 7) is 2.00. The van der Waals surface area contributed by atoms with Crippen LogP contribution in [-0.4, -0.2) is 33.3 Å². The van der Waals surface area contributed by atoms with Crippen LogP contribution in [0.25, 0.3) is 0 Å². The van der Waals surface area contributed by atoms with Gasteiger partial charge >= 0.3 is 7.60 Å². The molecule has 0 saturated heterocycles. The largest absolute Gasteiger partial charge is 0.325 e. The first-order chi connectivity index (χ1) is 4.06. The second-order valence-electron chi connectivity index (χ2n) is 2.10. The van der Waals surface area contributed by atoms with Gasteiger partial charge < -0.3 is 9.79 Å². The predicted molar refractivity (Wildman–Crippen MR) is 46.4 cm³/mol. The second-order valence-corrected chi connectivity index (χ2v) is 3.87. The second kappa shape index (κ2) is 6.40. The van der Waals surface area contributed by atoms with Crippen LogP contribution in [0.1, 0.15) is 26.2 Å². The molecule has 0 bridgehead atoms. The molecule has 3 nitrogen and oxygen atoms in total. The first-order valence-corrected chi connectivity index (χ1v) is 4.90. The molecule has 0 atom stereocenters. The topological polar surface area (TPSA) is 57.5 Å². The fraction of sp³-hybridized carbons (Fsp3) is 1.00. The SMILES string of the molecule is CCCCCP(=O)(O)O.[AlH3]. The molecule has 0 unspecified atom stereocenters. The van der Waals surface area contributed by atoms with E-state index in [0.717, 1.165) is 12.8 Å². The maximum atomic E-state index is 10.2. The standard InChI is InChI=1S/C5H13O3P.Al.3H/c1-2-3-4-5-9(6,7)8;;;;/h2-5H2,1H3,(H2,6,7,8);;;;. The van der Waals surface area contributed by atoms with E-state index in [9.17, 15) is 4.57 Å². The van der Waals surface area contributed by atoms with E-state index in [1.807, 2.05) is 6.92 Å². The van der Waals surface area contributed by atoms with Crippen LogP contribution in [-0.2, 0) is 4.57 Å². The Labute approximate surface area is 72.1 Å². The van der Waals surface area contributed by atoms with Crippen molar-refractivity contribution in [3.8, 4) is 0 Å². The molecule has 5 heteroatoms. The lowest BCUT2D eigenvalue weighted by Gasteiger charge is -2.00. The summed E-state index contributed by atoms with van der Waals surface area (Å²) < 4.78 is 10.2. The monoisotopic (exact) mass is 182 g/mol. The molecule has 0 aromatic carbocycles. The van der Waals surface area contributed by atoms with E-state index in [-0.39, 0.29) is 23.5 Å². The van der Waals surface area contributed by atoms with Gasteiger partial charge in [0.1, 0.15) is 0 Å². The third kappa shape index (κ3) is 11.5. The van der Waals surface area contributed by atoms with Crippen LogP contribution in [0.4, 0.5) is 0 Å². The molecule has 0 radical (unpaired) electrons. The van der Waals surface area contributed by atoms with E-state index in [1.165, 1.54) is 0 Å². The Hall–Kier alpha value is 0.682. The van der Waals surface area contributed by atoms with Gasteiger partial charge in [-0.25, -0.2) is 0 Å². The first kappa shape index (κ1) is 13.3. The molecule has 0 aromatic heterocycles. The van der Waals surface area contributed by atoms with Crippen LogP contribution in [0.2, 0.25) is 0 Å². The van der Waals surface area contributed by atoms with Crippen LogP contribution in [0, 0.1) is 0 Å². The molecule has 0 aromatic rings. The number of unbranched alkanes of at least 4 members (excludes halogenated alkanes) is 2. The molecule has 0 saturated carbocycles. The van der Waals surface area contributed by atoms with Crippen molar-refractivity contribution in [2.24, 2.45) is 0 Å². The Bertz CT molecular complexity index is 111. The minimum atomic E-state index is -3.70. The Morgan fingerprint density at radius 3 is 2.10 bits per heavy atom. The summed E-state index contributed by atoms with van der Waals surface area (Å²) in [4.78, 5) is 16.7. The summed E-state index contributed by atoms with van der Waals surface area (Å²) >= 11 is 0. The van der Waals surface area contributed by atoms with E-state index in [4.69, 9.17) is 9.79 Å². The van der Waals surface area contributed by atoms with Crippen molar-refractivity contribution in [1.82, 2.24) is 0 Å². The van der Waals surface area contributed by atoms with Crippen molar-refractivity contribution in [2.75, 3.05) is 6.16 Å². The Morgan fingerprint density at radius 1 is 1.30 bits per heavy atom. The normalized spacial score (nSPS) is 10.7. The fourth-order valence-corrected chi connectivity index (χ4v) is 1.20. The van der Waals surface area contributed by atoms with Crippen molar-refractivity contribution in [1.29, 1.82) is 0 Å². The first-order valence-electron chi connectivity index (χ1n) is 3.11. The van der Waals surface area contributed by atoms with Gasteiger partial charge in [-0.05, 0) is 6.42 Å². The van der Waals surface area contributed by atoms with Crippen LogP contribution >= 0.6 is 7.60 Å². The molecule has 62 valence electrons. The molecule has 0 aliphatic heterocycles. The number of rotatable bonds is 4. The summed E-state index contributed by atoms with van der Waals surface area (Å²) in [5.41, 5.74) is 0. The van der Waals surface area contributed by atoms with Gasteiger partial charge in [-0.1, -0.05) is 19.8 Å². The van der Waals surface area contributed by atoms with Gasteiger partial charge in [0.25, 0.3) is 0 Å². The molecule has 0 fully saturated rings. The van der Waals surface area contributed by atoms with E-state index < -0.39 is 7.60 Å². The smallest absolute Gasteiger partial charge is 0.324 e. The van der Waals surface area contributed by atoms with Crippen LogP contribution in [0.5, 0.6) is 0 Å². The van der Waals surface area contributed by atoms with E-state index in [0.29, 0.717) is 6.42 Å². The minimum absolute atomic E-state index is 0. The lowest BCUT2D eigenvalue weighted by molar-refractivity contribution is 0.371. The molecule has 0 spiro atoms. The molecule has 0 aliphatic carbocycles. The number of hydrogen-bond acceptors (Lipinski definition) is 1. The highest BCUT2D eigenvalue weighted by Gasteiger charge is 2.10. The molecule has 10 heavy (non-hydrogen) atoms. The fourth-order valence-electron chi connectivity index (χ4n) is 0.568. The van der Waals surface area contributed by atoms with Crippen molar-refractivity contribution < 1.29 is 14.4 Å². The van der Waals surface area contributed by atoms with Gasteiger partial charge in [0.15, 0.2) is 17.4 Å². The van der Waals surface area contributed by atoms with Crippen LogP contribution < -0.4 is 0 Å². The average molecular weight is 182 g/mol. The van der Waals surface area contributed by atoms with Crippen molar-refractivity contribution in [3.05, 3.63) is 0 Å². The summed E-state index contributed by atoms with van der Waals surface area (Å²) in [7, 11) is -3.70. The molecule has 0 amide bonds. The molecule has 0 rings (SSSR count). The van der Waals surface area contributed by atoms with Crippen molar-refractivity contribution in [2.45, 2.75) is 26.2 Å². The average Bonchev–Trinajstić information content (AvgIpc) is 1.63. The zero-order valence-corrected chi connectivity index (χ0v) is 6.47. The zero-order valence-electron chi connectivity index (χ0n) is 5.58. The molecule has 2 N–H and O–H groups in total. The molecular weight excluding hydrogens is 166 g/mol. The zero-order chi connectivity index (χ0) is 7.33. The summed E-state index contributed by atoms with van der Waals surface area (Å²) in [6, 6.07) is 0. The number of hydrogen-bond donors (Lipinski definition) is 2. The maximum Gasteiger partial charge on any atom is 0.325 e. The Kier molecular flexibility index (Phi) is 8.50. The Morgan fingerprint density at radius 2 is 1.80 bits per heavy atom. The van der Waals surface area contributed by atoms with Gasteiger partial charge in [-0.2, -0.15) is 0 Å². The molecule has 0 aliphatic rings. The Balaban J connectivity index is 0. The highest BCUT2D eigenvalue weighted by Crippen LogP contribution is 2.35. The van der Waals surface area contributed by atoms with Gasteiger partial charge in [0.05, 0.1) is 0 Å².